The number of hydrogen-bond donors (Lipinski definition) is 2. The molecule has 0 atom stereocenters. The van der Waals surface area contributed by atoms with Gasteiger partial charge in [-0.05, 0) is 30.4 Å². The summed E-state index contributed by atoms with van der Waals surface area (Å²) >= 11 is 5.79. The Hall–Kier alpha value is -1.56. The summed E-state index contributed by atoms with van der Waals surface area (Å²) in [6.45, 7) is 0.591. The van der Waals surface area contributed by atoms with E-state index in [-0.39, 0.29) is 10.8 Å². The highest BCUT2D eigenvalue weighted by Crippen LogP contribution is 2.25. The van der Waals surface area contributed by atoms with Crippen LogP contribution >= 0.6 is 11.6 Å². The number of fused-ring (bicyclic) bond motifs is 1. The highest BCUT2D eigenvalue weighted by Gasteiger charge is 2.18. The number of nitrogens with zero attached hydrogens (tertiary/aromatic N) is 2. The molecule has 102 valence electrons. The summed E-state index contributed by atoms with van der Waals surface area (Å²) in [7, 11) is 0. The average Bonchev–Trinajstić information content (AvgIpc) is 2.78. The second-order valence-electron chi connectivity index (χ2n) is 5.10. The van der Waals surface area contributed by atoms with Gasteiger partial charge in [-0.15, -0.1) is 0 Å². The highest BCUT2D eigenvalue weighted by molar-refractivity contribution is 6.28. The first-order chi connectivity index (χ1) is 9.15. The lowest BCUT2D eigenvalue weighted by Crippen LogP contribution is -2.32. The van der Waals surface area contributed by atoms with Gasteiger partial charge >= 0.3 is 5.69 Å². The van der Waals surface area contributed by atoms with Gasteiger partial charge in [-0.25, -0.2) is 4.79 Å². The van der Waals surface area contributed by atoms with Crippen LogP contribution in [0.1, 0.15) is 32.1 Å². The first-order valence-corrected chi connectivity index (χ1v) is 6.91. The number of rotatable bonds is 2. The molecule has 0 amide bonds. The fourth-order valence-electron chi connectivity index (χ4n) is 2.81. The molecular formula is C12H15ClN4O2. The molecule has 2 aromatic heterocycles. The van der Waals surface area contributed by atoms with Crippen molar-refractivity contribution in [1.29, 1.82) is 0 Å². The molecule has 7 heteroatoms. The van der Waals surface area contributed by atoms with E-state index in [9.17, 15) is 9.59 Å². The van der Waals surface area contributed by atoms with Gasteiger partial charge in [0.25, 0.3) is 5.56 Å². The van der Waals surface area contributed by atoms with Crippen molar-refractivity contribution in [1.82, 2.24) is 19.5 Å². The third-order valence-corrected chi connectivity index (χ3v) is 3.95. The van der Waals surface area contributed by atoms with Crippen LogP contribution in [0, 0.1) is 5.92 Å². The van der Waals surface area contributed by atoms with E-state index in [1.165, 1.54) is 23.8 Å². The Bertz CT molecular complexity index is 709. The van der Waals surface area contributed by atoms with Crippen LogP contribution in [0.2, 0.25) is 5.28 Å². The van der Waals surface area contributed by atoms with Crippen molar-refractivity contribution in [3.05, 3.63) is 26.1 Å². The molecule has 2 N–H and O–H groups in total. The molecule has 1 fully saturated rings. The third-order valence-electron chi connectivity index (χ3n) is 3.77. The van der Waals surface area contributed by atoms with Crippen LogP contribution in [0.5, 0.6) is 0 Å². The molecule has 0 unspecified atom stereocenters. The SMILES string of the molecule is O=c1[nH]c(=O)n(CC2CCCCC2)c2nc(Cl)[nH]c12. The van der Waals surface area contributed by atoms with Crippen molar-refractivity contribution in [3.8, 4) is 0 Å². The summed E-state index contributed by atoms with van der Waals surface area (Å²) in [5.41, 5.74) is -0.268. The minimum Gasteiger partial charge on any atom is -0.323 e. The molecule has 0 bridgehead atoms. The summed E-state index contributed by atoms with van der Waals surface area (Å²) in [4.78, 5) is 32.6. The van der Waals surface area contributed by atoms with Gasteiger partial charge in [0.05, 0.1) is 0 Å². The molecule has 1 saturated carbocycles. The van der Waals surface area contributed by atoms with Crippen LogP contribution < -0.4 is 11.2 Å². The molecule has 0 saturated heterocycles. The van der Waals surface area contributed by atoms with Crippen LogP contribution in [0.3, 0.4) is 0 Å². The molecule has 0 radical (unpaired) electrons. The van der Waals surface area contributed by atoms with Gasteiger partial charge in [0.1, 0.15) is 0 Å². The topological polar surface area (TPSA) is 83.5 Å². The summed E-state index contributed by atoms with van der Waals surface area (Å²) in [5.74, 6) is 0.469. The van der Waals surface area contributed by atoms with Crippen LogP contribution in [0.15, 0.2) is 9.59 Å². The maximum Gasteiger partial charge on any atom is 0.330 e. The van der Waals surface area contributed by atoms with E-state index in [2.05, 4.69) is 15.0 Å². The van der Waals surface area contributed by atoms with Crippen LogP contribution in [0.4, 0.5) is 0 Å². The Morgan fingerprint density at radius 2 is 1.95 bits per heavy atom. The number of aromatic amines is 2. The third kappa shape index (κ3) is 2.32. The van der Waals surface area contributed by atoms with Crippen molar-refractivity contribution >= 4 is 22.8 Å². The molecule has 1 aliphatic rings. The maximum absolute atomic E-state index is 11.9. The Labute approximate surface area is 113 Å². The Kier molecular flexibility index (Phi) is 3.18. The van der Waals surface area contributed by atoms with Gasteiger partial charge in [0.2, 0.25) is 5.28 Å². The van der Waals surface area contributed by atoms with E-state index in [4.69, 9.17) is 11.6 Å². The molecule has 2 heterocycles. The summed E-state index contributed by atoms with van der Waals surface area (Å²) < 4.78 is 1.52. The van der Waals surface area contributed by atoms with Gasteiger partial charge in [0.15, 0.2) is 11.2 Å². The number of H-pyrrole nitrogens is 2. The van der Waals surface area contributed by atoms with Gasteiger partial charge in [-0.3, -0.25) is 14.3 Å². The zero-order valence-corrected chi connectivity index (χ0v) is 11.2. The van der Waals surface area contributed by atoms with Crippen LogP contribution in [-0.4, -0.2) is 19.5 Å². The predicted molar refractivity (Wildman–Crippen MR) is 72.6 cm³/mol. The van der Waals surface area contributed by atoms with E-state index < -0.39 is 11.2 Å². The van der Waals surface area contributed by atoms with E-state index >= 15 is 0 Å². The van der Waals surface area contributed by atoms with Gasteiger partial charge in [-0.1, -0.05) is 19.3 Å². The standard InChI is InChI=1S/C12H15ClN4O2/c13-11-14-8-9(15-11)17(12(19)16-10(8)18)6-7-4-2-1-3-5-7/h7H,1-6H2,(H,14,15)(H,16,18,19). The molecule has 3 rings (SSSR count). The molecule has 2 aromatic rings. The van der Waals surface area contributed by atoms with E-state index in [1.54, 1.807) is 0 Å². The van der Waals surface area contributed by atoms with Crippen molar-refractivity contribution in [2.45, 2.75) is 38.6 Å². The highest BCUT2D eigenvalue weighted by atomic mass is 35.5. The van der Waals surface area contributed by atoms with Crippen LogP contribution in [-0.2, 0) is 6.54 Å². The summed E-state index contributed by atoms with van der Waals surface area (Å²) in [6.07, 6.45) is 5.90. The number of aromatic nitrogens is 4. The molecule has 0 aromatic carbocycles. The number of halogens is 1. The molecule has 0 spiro atoms. The van der Waals surface area contributed by atoms with Crippen molar-refractivity contribution < 1.29 is 0 Å². The quantitative estimate of drug-likeness (QED) is 0.822. The Balaban J connectivity index is 2.06. The van der Waals surface area contributed by atoms with E-state index in [1.807, 2.05) is 0 Å². The minimum atomic E-state index is -0.473. The van der Waals surface area contributed by atoms with Gasteiger partial charge in [-0.2, -0.15) is 4.98 Å². The molecular weight excluding hydrogens is 268 g/mol. The first kappa shape index (κ1) is 12.5. The average molecular weight is 283 g/mol. The molecule has 1 aliphatic carbocycles. The fourth-order valence-corrected chi connectivity index (χ4v) is 2.98. The lowest BCUT2D eigenvalue weighted by atomic mass is 9.89. The van der Waals surface area contributed by atoms with E-state index in [0.29, 0.717) is 18.1 Å². The molecule has 6 nitrogen and oxygen atoms in total. The monoisotopic (exact) mass is 282 g/mol. The summed E-state index contributed by atoms with van der Waals surface area (Å²) in [6, 6.07) is 0. The second kappa shape index (κ2) is 4.85. The van der Waals surface area contributed by atoms with Gasteiger partial charge < -0.3 is 4.98 Å². The van der Waals surface area contributed by atoms with Crippen molar-refractivity contribution in [3.63, 3.8) is 0 Å². The Morgan fingerprint density at radius 3 is 2.68 bits per heavy atom. The molecule has 19 heavy (non-hydrogen) atoms. The number of hydrogen-bond acceptors (Lipinski definition) is 3. The predicted octanol–water partition coefficient (Wildman–Crippen LogP) is 1.65. The van der Waals surface area contributed by atoms with Gasteiger partial charge in [0, 0.05) is 6.54 Å². The number of imidazole rings is 1. The zero-order valence-electron chi connectivity index (χ0n) is 10.4. The van der Waals surface area contributed by atoms with E-state index in [0.717, 1.165) is 12.8 Å². The fraction of sp³-hybridized carbons (Fsp3) is 0.583. The van der Waals surface area contributed by atoms with Crippen molar-refractivity contribution in [2.75, 3.05) is 0 Å². The number of nitrogens with one attached hydrogen (secondary N) is 2. The largest absolute Gasteiger partial charge is 0.330 e. The lowest BCUT2D eigenvalue weighted by molar-refractivity contribution is 0.317. The van der Waals surface area contributed by atoms with Crippen LogP contribution in [0.25, 0.3) is 11.2 Å². The molecule has 0 aliphatic heterocycles. The normalized spacial score (nSPS) is 17.1. The minimum absolute atomic E-state index is 0.128. The zero-order chi connectivity index (χ0) is 13.4. The van der Waals surface area contributed by atoms with Crippen molar-refractivity contribution in [2.24, 2.45) is 5.92 Å². The lowest BCUT2D eigenvalue weighted by Gasteiger charge is -2.22. The maximum atomic E-state index is 11.9. The second-order valence-corrected chi connectivity index (χ2v) is 5.46. The smallest absolute Gasteiger partial charge is 0.323 e. The first-order valence-electron chi connectivity index (χ1n) is 6.53. The summed E-state index contributed by atoms with van der Waals surface area (Å²) in [5, 5.41) is 0.128. The Morgan fingerprint density at radius 1 is 1.21 bits per heavy atom.